The zero-order valence-electron chi connectivity index (χ0n) is 12.5. The Morgan fingerprint density at radius 3 is 2.77 bits per heavy atom. The summed E-state index contributed by atoms with van der Waals surface area (Å²) in [6.07, 6.45) is 2.55. The lowest BCUT2D eigenvalue weighted by molar-refractivity contribution is 0.678. The highest BCUT2D eigenvalue weighted by Crippen LogP contribution is 2.36. The summed E-state index contributed by atoms with van der Waals surface area (Å²) in [5, 5.41) is 5.11. The number of nitrogens with zero attached hydrogens (tertiary/aromatic N) is 5. The minimum Gasteiger partial charge on any atom is -0.349 e. The number of anilines is 1. The Hall–Kier alpha value is -2.14. The first-order valence-electron chi connectivity index (χ1n) is 7.36. The predicted molar refractivity (Wildman–Crippen MR) is 86.4 cm³/mol. The molecule has 1 atom stereocenters. The van der Waals surface area contributed by atoms with Gasteiger partial charge in [-0.2, -0.15) is 14.6 Å². The third kappa shape index (κ3) is 1.96. The van der Waals surface area contributed by atoms with Crippen molar-refractivity contribution in [2.45, 2.75) is 26.3 Å². The second-order valence-corrected chi connectivity index (χ2v) is 6.08. The fraction of sp³-hybridized carbons (Fsp3) is 0.312. The first-order chi connectivity index (χ1) is 10.6. The molecule has 0 aliphatic carbocycles. The smallest absolute Gasteiger partial charge is 0.254 e. The van der Waals surface area contributed by atoms with E-state index in [0.717, 1.165) is 29.5 Å². The van der Waals surface area contributed by atoms with Crippen LogP contribution in [0.3, 0.4) is 0 Å². The van der Waals surface area contributed by atoms with Crippen molar-refractivity contribution in [3.63, 3.8) is 0 Å². The van der Waals surface area contributed by atoms with Gasteiger partial charge in [0.1, 0.15) is 12.1 Å². The summed E-state index contributed by atoms with van der Waals surface area (Å²) in [7, 11) is 0. The highest BCUT2D eigenvalue weighted by molar-refractivity contribution is 6.30. The number of benzene rings is 1. The van der Waals surface area contributed by atoms with E-state index in [9.17, 15) is 0 Å². The lowest BCUT2D eigenvalue weighted by Gasteiger charge is -2.27. The molecule has 1 aliphatic rings. The van der Waals surface area contributed by atoms with E-state index < -0.39 is 0 Å². The highest BCUT2D eigenvalue weighted by Gasteiger charge is 2.29. The minimum absolute atomic E-state index is 0.243. The number of halogens is 1. The van der Waals surface area contributed by atoms with Gasteiger partial charge in [0.15, 0.2) is 0 Å². The maximum atomic E-state index is 6.00. The molecule has 3 heterocycles. The molecule has 0 fully saturated rings. The van der Waals surface area contributed by atoms with Crippen LogP contribution in [0.5, 0.6) is 0 Å². The first kappa shape index (κ1) is 13.5. The zero-order chi connectivity index (χ0) is 15.3. The summed E-state index contributed by atoms with van der Waals surface area (Å²) in [4.78, 5) is 11.1. The summed E-state index contributed by atoms with van der Waals surface area (Å²) < 4.78 is 1.85. The lowest BCUT2D eigenvalue weighted by atomic mass is 10.1. The van der Waals surface area contributed by atoms with Gasteiger partial charge in [-0.25, -0.2) is 4.98 Å². The normalized spacial score (nSPS) is 15.3. The summed E-state index contributed by atoms with van der Waals surface area (Å²) in [5.74, 6) is 1.77. The second-order valence-electron chi connectivity index (χ2n) is 5.64. The van der Waals surface area contributed by atoms with Crippen LogP contribution in [0.4, 0.5) is 5.82 Å². The topological polar surface area (TPSA) is 46.3 Å². The van der Waals surface area contributed by atoms with Crippen molar-refractivity contribution in [1.82, 2.24) is 19.6 Å². The molecule has 22 heavy (non-hydrogen) atoms. The molecule has 0 spiro atoms. The van der Waals surface area contributed by atoms with E-state index in [1.165, 1.54) is 11.1 Å². The Kier molecular flexibility index (Phi) is 3.04. The fourth-order valence-corrected chi connectivity index (χ4v) is 3.32. The van der Waals surface area contributed by atoms with Crippen LogP contribution in [0.15, 0.2) is 30.6 Å². The third-order valence-electron chi connectivity index (χ3n) is 4.40. The van der Waals surface area contributed by atoms with Gasteiger partial charge < -0.3 is 4.90 Å². The van der Waals surface area contributed by atoms with E-state index in [4.69, 9.17) is 11.6 Å². The Bertz CT molecular complexity index is 840. The molecule has 3 aromatic rings. The molecular weight excluding hydrogens is 298 g/mol. The van der Waals surface area contributed by atoms with Gasteiger partial charge in [-0.3, -0.25) is 0 Å². The molecule has 0 saturated carbocycles. The Morgan fingerprint density at radius 2 is 2.00 bits per heavy atom. The fourth-order valence-electron chi connectivity index (χ4n) is 3.19. The molecule has 2 aromatic heterocycles. The second kappa shape index (κ2) is 4.95. The van der Waals surface area contributed by atoms with Crippen LogP contribution in [-0.4, -0.2) is 26.1 Å². The molecule has 1 aliphatic heterocycles. The van der Waals surface area contributed by atoms with E-state index in [2.05, 4.69) is 39.0 Å². The maximum absolute atomic E-state index is 6.00. The van der Waals surface area contributed by atoms with Crippen LogP contribution in [0.2, 0.25) is 5.02 Å². The molecule has 1 aromatic carbocycles. The van der Waals surface area contributed by atoms with Crippen LogP contribution in [0.1, 0.15) is 29.8 Å². The molecule has 0 bridgehead atoms. The van der Waals surface area contributed by atoms with Crippen LogP contribution in [0.25, 0.3) is 5.78 Å². The quantitative estimate of drug-likeness (QED) is 0.729. The number of aryl methyl sites for hydroxylation is 1. The average Bonchev–Trinajstić information content (AvgIpc) is 3.13. The van der Waals surface area contributed by atoms with Gasteiger partial charge in [0, 0.05) is 22.8 Å². The number of hydrogen-bond donors (Lipinski definition) is 0. The van der Waals surface area contributed by atoms with Gasteiger partial charge in [0.05, 0.1) is 6.04 Å². The summed E-state index contributed by atoms with van der Waals surface area (Å²) in [5.41, 5.74) is 3.54. The molecular formula is C16H16ClN5. The van der Waals surface area contributed by atoms with Crippen molar-refractivity contribution in [3.8, 4) is 0 Å². The zero-order valence-corrected chi connectivity index (χ0v) is 13.2. The van der Waals surface area contributed by atoms with Crippen molar-refractivity contribution in [1.29, 1.82) is 0 Å². The van der Waals surface area contributed by atoms with Crippen LogP contribution >= 0.6 is 11.6 Å². The molecule has 0 unspecified atom stereocenters. The van der Waals surface area contributed by atoms with E-state index in [-0.39, 0.29) is 6.04 Å². The summed E-state index contributed by atoms with van der Waals surface area (Å²) in [6, 6.07) is 8.28. The van der Waals surface area contributed by atoms with Crippen molar-refractivity contribution in [2.75, 3.05) is 11.4 Å². The largest absolute Gasteiger partial charge is 0.349 e. The molecule has 4 rings (SSSR count). The molecule has 5 nitrogen and oxygen atoms in total. The van der Waals surface area contributed by atoms with Gasteiger partial charge in [-0.15, -0.1) is 0 Å². The van der Waals surface area contributed by atoms with E-state index in [0.29, 0.717) is 5.78 Å². The van der Waals surface area contributed by atoms with E-state index in [1.807, 2.05) is 23.6 Å². The van der Waals surface area contributed by atoms with Gasteiger partial charge >= 0.3 is 0 Å². The lowest BCUT2D eigenvalue weighted by Crippen LogP contribution is -2.26. The molecule has 0 radical (unpaired) electrons. The Labute approximate surface area is 133 Å². The van der Waals surface area contributed by atoms with Crippen molar-refractivity contribution >= 4 is 23.2 Å². The van der Waals surface area contributed by atoms with Crippen molar-refractivity contribution in [2.24, 2.45) is 0 Å². The number of aromatic nitrogens is 4. The molecule has 112 valence electrons. The highest BCUT2D eigenvalue weighted by atomic mass is 35.5. The van der Waals surface area contributed by atoms with Gasteiger partial charge in [-0.1, -0.05) is 23.7 Å². The minimum atomic E-state index is 0.243. The molecule has 0 saturated heterocycles. The van der Waals surface area contributed by atoms with Crippen LogP contribution in [-0.2, 0) is 6.42 Å². The first-order valence-corrected chi connectivity index (χ1v) is 7.74. The van der Waals surface area contributed by atoms with Gasteiger partial charge in [-0.05, 0) is 38.0 Å². The SMILES string of the molecule is Cc1nc2ncnn2c2c1CCN2[C@@H](C)c1ccc(Cl)cc1. The predicted octanol–water partition coefficient (Wildman–Crippen LogP) is 3.21. The standard InChI is InChI=1S/C16H16ClN5/c1-10-14-7-8-21(11(2)12-3-5-13(17)6-4-12)15(14)22-16(20-10)18-9-19-22/h3-6,9,11H,7-8H2,1-2H3/t11-/m0/s1. The Balaban J connectivity index is 1.82. The van der Waals surface area contributed by atoms with Crippen LogP contribution < -0.4 is 4.90 Å². The van der Waals surface area contributed by atoms with Crippen molar-refractivity contribution in [3.05, 3.63) is 52.4 Å². The van der Waals surface area contributed by atoms with Gasteiger partial charge in [0.25, 0.3) is 5.78 Å². The number of hydrogen-bond acceptors (Lipinski definition) is 4. The molecule has 0 amide bonds. The molecule has 0 N–H and O–H groups in total. The number of fused-ring (bicyclic) bond motifs is 3. The number of rotatable bonds is 2. The van der Waals surface area contributed by atoms with E-state index >= 15 is 0 Å². The maximum Gasteiger partial charge on any atom is 0.254 e. The molecule has 6 heteroatoms. The average molecular weight is 314 g/mol. The summed E-state index contributed by atoms with van der Waals surface area (Å²) in [6.45, 7) is 5.21. The van der Waals surface area contributed by atoms with Gasteiger partial charge in [0.2, 0.25) is 0 Å². The summed E-state index contributed by atoms with van der Waals surface area (Å²) >= 11 is 6.00. The third-order valence-corrected chi connectivity index (χ3v) is 4.65. The van der Waals surface area contributed by atoms with E-state index in [1.54, 1.807) is 6.33 Å². The monoisotopic (exact) mass is 313 g/mol. The Morgan fingerprint density at radius 1 is 1.23 bits per heavy atom. The van der Waals surface area contributed by atoms with Crippen LogP contribution in [0, 0.1) is 6.92 Å². The van der Waals surface area contributed by atoms with Crippen molar-refractivity contribution < 1.29 is 0 Å².